The van der Waals surface area contributed by atoms with Crippen molar-refractivity contribution in [1.29, 1.82) is 0 Å². The van der Waals surface area contributed by atoms with Crippen LogP contribution in [0.25, 0.3) is 10.8 Å². The van der Waals surface area contributed by atoms with Gasteiger partial charge in [-0.1, -0.05) is 51.9 Å². The van der Waals surface area contributed by atoms with Crippen LogP contribution in [0.4, 0.5) is 11.5 Å². The molecular weight excluding hydrogens is 576 g/mol. The Bertz CT molecular complexity index is 1100. The molecular formula is C24H26Cl2IN3O3. The van der Waals surface area contributed by atoms with Gasteiger partial charge in [-0.15, -0.1) is 0 Å². The van der Waals surface area contributed by atoms with Gasteiger partial charge in [-0.3, -0.25) is 0 Å². The third kappa shape index (κ3) is 7.09. The van der Waals surface area contributed by atoms with Crippen molar-refractivity contribution >= 4 is 74.0 Å². The molecule has 0 fully saturated rings. The quantitative estimate of drug-likeness (QED) is 0.123. The standard InChI is InChI=1S/C24H26Cl2IN3O3/c1-29(2)12-13-32-24(31)21(10-11-27)33-19-8-6-18(7-9-19)30(3)22-14-16-4-5-17(25)15-20(16)23(26)28-22/h4-9,14-15,21H,10-13H2,1-3H3. The topological polar surface area (TPSA) is 54.9 Å². The lowest BCUT2D eigenvalue weighted by molar-refractivity contribution is -0.152. The lowest BCUT2D eigenvalue weighted by Gasteiger charge is -2.21. The summed E-state index contributed by atoms with van der Waals surface area (Å²) < 4.78 is 12.1. The Morgan fingerprint density at radius 1 is 1.09 bits per heavy atom. The van der Waals surface area contributed by atoms with E-state index in [0.717, 1.165) is 20.9 Å². The molecule has 9 heteroatoms. The summed E-state index contributed by atoms with van der Waals surface area (Å²) in [7, 11) is 5.78. The normalized spacial score (nSPS) is 12.1. The third-order valence-electron chi connectivity index (χ3n) is 5.00. The van der Waals surface area contributed by atoms with E-state index in [9.17, 15) is 4.79 Å². The van der Waals surface area contributed by atoms with Crippen LogP contribution < -0.4 is 9.64 Å². The molecule has 0 aliphatic carbocycles. The molecule has 2 aromatic carbocycles. The Labute approximate surface area is 217 Å². The molecule has 0 aliphatic rings. The molecule has 0 spiro atoms. The maximum atomic E-state index is 12.4. The van der Waals surface area contributed by atoms with Crippen LogP contribution in [0.5, 0.6) is 5.75 Å². The van der Waals surface area contributed by atoms with Crippen molar-refractivity contribution in [2.24, 2.45) is 0 Å². The molecule has 0 saturated carbocycles. The number of hydrogen-bond acceptors (Lipinski definition) is 6. The summed E-state index contributed by atoms with van der Waals surface area (Å²) in [4.78, 5) is 20.8. The number of esters is 1. The van der Waals surface area contributed by atoms with E-state index in [0.29, 0.717) is 41.3 Å². The highest BCUT2D eigenvalue weighted by atomic mass is 127. The number of carbonyl (C=O) groups is 1. The van der Waals surface area contributed by atoms with Crippen LogP contribution in [0.15, 0.2) is 48.5 Å². The fourth-order valence-corrected chi connectivity index (χ4v) is 4.12. The number of anilines is 2. The number of alkyl halides is 1. The largest absolute Gasteiger partial charge is 0.479 e. The fraction of sp³-hybridized carbons (Fsp3) is 0.333. The maximum Gasteiger partial charge on any atom is 0.347 e. The Balaban J connectivity index is 1.71. The first kappa shape index (κ1) is 25.8. The summed E-state index contributed by atoms with van der Waals surface area (Å²) in [5.41, 5.74) is 0.901. The van der Waals surface area contributed by atoms with Crippen molar-refractivity contribution in [3.63, 3.8) is 0 Å². The number of hydrogen-bond donors (Lipinski definition) is 0. The molecule has 3 rings (SSSR count). The number of aromatic nitrogens is 1. The van der Waals surface area contributed by atoms with E-state index in [1.165, 1.54) is 0 Å². The Morgan fingerprint density at radius 3 is 2.48 bits per heavy atom. The molecule has 0 amide bonds. The number of pyridine rings is 1. The number of fused-ring (bicyclic) bond motifs is 1. The molecule has 0 bridgehead atoms. The van der Waals surface area contributed by atoms with Gasteiger partial charge >= 0.3 is 5.97 Å². The van der Waals surface area contributed by atoms with Crippen molar-refractivity contribution in [3.8, 4) is 5.75 Å². The second-order valence-corrected chi connectivity index (χ2v) is 9.62. The van der Waals surface area contributed by atoms with E-state index in [-0.39, 0.29) is 5.97 Å². The number of likely N-dealkylation sites (N-methyl/N-ethyl adjacent to an activating group) is 1. The molecule has 1 heterocycles. The van der Waals surface area contributed by atoms with Crippen molar-refractivity contribution in [2.75, 3.05) is 43.6 Å². The zero-order chi connectivity index (χ0) is 24.0. The number of carbonyl (C=O) groups excluding carboxylic acids is 1. The molecule has 0 saturated heterocycles. The highest BCUT2D eigenvalue weighted by molar-refractivity contribution is 14.1. The van der Waals surface area contributed by atoms with Crippen LogP contribution in [0.3, 0.4) is 0 Å². The Kier molecular flexibility index (Phi) is 9.43. The Hall–Kier alpha value is -1.81. The van der Waals surface area contributed by atoms with Gasteiger partial charge in [-0.25, -0.2) is 9.78 Å². The predicted octanol–water partition coefficient (Wildman–Crippen LogP) is 5.99. The van der Waals surface area contributed by atoms with E-state index in [1.54, 1.807) is 6.07 Å². The molecule has 33 heavy (non-hydrogen) atoms. The minimum atomic E-state index is -0.638. The molecule has 0 N–H and O–H groups in total. The summed E-state index contributed by atoms with van der Waals surface area (Å²) in [5.74, 6) is 0.964. The van der Waals surface area contributed by atoms with Gasteiger partial charge in [0.1, 0.15) is 23.3 Å². The van der Waals surface area contributed by atoms with Crippen LogP contribution in [0, 0.1) is 0 Å². The molecule has 176 valence electrons. The molecule has 0 radical (unpaired) electrons. The monoisotopic (exact) mass is 601 g/mol. The molecule has 1 atom stereocenters. The zero-order valence-electron chi connectivity index (χ0n) is 18.7. The van der Waals surface area contributed by atoms with Gasteiger partial charge in [0.05, 0.1) is 0 Å². The van der Waals surface area contributed by atoms with E-state index in [2.05, 4.69) is 27.6 Å². The van der Waals surface area contributed by atoms with E-state index >= 15 is 0 Å². The highest BCUT2D eigenvalue weighted by Gasteiger charge is 2.22. The van der Waals surface area contributed by atoms with Crippen molar-refractivity contribution in [2.45, 2.75) is 12.5 Å². The average molecular weight is 602 g/mol. The molecule has 1 aromatic heterocycles. The van der Waals surface area contributed by atoms with Crippen LogP contribution >= 0.6 is 45.8 Å². The smallest absolute Gasteiger partial charge is 0.347 e. The van der Waals surface area contributed by atoms with Gasteiger partial charge < -0.3 is 19.3 Å². The number of benzene rings is 2. The van der Waals surface area contributed by atoms with Crippen molar-refractivity contribution in [3.05, 3.63) is 58.7 Å². The first-order valence-electron chi connectivity index (χ1n) is 10.4. The van der Waals surface area contributed by atoms with Crippen LogP contribution in [0.2, 0.25) is 10.2 Å². The second kappa shape index (κ2) is 12.1. The van der Waals surface area contributed by atoms with Gasteiger partial charge in [0, 0.05) is 40.5 Å². The average Bonchev–Trinajstić information content (AvgIpc) is 2.79. The SMILES string of the molecule is CN(C)CCOC(=O)C(CCI)Oc1ccc(N(C)c2cc3ccc(Cl)cc3c(Cl)n2)cc1. The van der Waals surface area contributed by atoms with Crippen LogP contribution in [-0.4, -0.2) is 60.7 Å². The minimum Gasteiger partial charge on any atom is -0.479 e. The Morgan fingerprint density at radius 2 is 1.82 bits per heavy atom. The van der Waals surface area contributed by atoms with E-state index in [4.69, 9.17) is 32.7 Å². The third-order valence-corrected chi connectivity index (χ3v) is 6.14. The van der Waals surface area contributed by atoms with Crippen LogP contribution in [0.1, 0.15) is 6.42 Å². The van der Waals surface area contributed by atoms with Gasteiger partial charge in [0.25, 0.3) is 0 Å². The second-order valence-electron chi connectivity index (χ2n) is 7.74. The van der Waals surface area contributed by atoms with E-state index < -0.39 is 6.10 Å². The number of halogens is 3. The highest BCUT2D eigenvalue weighted by Crippen LogP contribution is 2.31. The zero-order valence-corrected chi connectivity index (χ0v) is 22.4. The van der Waals surface area contributed by atoms with Gasteiger partial charge in [0.15, 0.2) is 6.10 Å². The molecule has 3 aromatic rings. The minimum absolute atomic E-state index is 0.337. The molecule has 1 unspecified atom stereocenters. The number of rotatable bonds is 10. The summed E-state index contributed by atoms with van der Waals surface area (Å²) in [6.07, 6.45) is -0.0626. The summed E-state index contributed by atoms with van der Waals surface area (Å²) in [6.45, 7) is 1.01. The fourth-order valence-electron chi connectivity index (χ4n) is 3.13. The van der Waals surface area contributed by atoms with Crippen molar-refractivity contribution in [1.82, 2.24) is 9.88 Å². The van der Waals surface area contributed by atoms with Gasteiger partial charge in [-0.05, 0) is 61.9 Å². The van der Waals surface area contributed by atoms with E-state index in [1.807, 2.05) is 73.4 Å². The number of nitrogens with zero attached hydrogens (tertiary/aromatic N) is 3. The summed E-state index contributed by atoms with van der Waals surface area (Å²) in [6, 6.07) is 15.0. The number of ether oxygens (including phenoxy) is 2. The van der Waals surface area contributed by atoms with Gasteiger partial charge in [0.2, 0.25) is 0 Å². The lowest BCUT2D eigenvalue weighted by atomic mass is 10.1. The first-order chi connectivity index (χ1) is 15.8. The van der Waals surface area contributed by atoms with Crippen molar-refractivity contribution < 1.29 is 14.3 Å². The predicted molar refractivity (Wildman–Crippen MR) is 144 cm³/mol. The van der Waals surface area contributed by atoms with Gasteiger partial charge in [-0.2, -0.15) is 0 Å². The molecule has 0 aliphatic heterocycles. The molecule has 6 nitrogen and oxygen atoms in total. The summed E-state index contributed by atoms with van der Waals surface area (Å²) >= 11 is 14.7. The van der Waals surface area contributed by atoms with Crippen LogP contribution in [-0.2, 0) is 9.53 Å². The summed E-state index contributed by atoms with van der Waals surface area (Å²) in [5, 5.41) is 2.77. The first-order valence-corrected chi connectivity index (χ1v) is 12.7. The lowest BCUT2D eigenvalue weighted by Crippen LogP contribution is -2.32. The maximum absolute atomic E-state index is 12.4.